The maximum absolute atomic E-state index is 12.1. The molecule has 7 heteroatoms. The zero-order valence-corrected chi connectivity index (χ0v) is 14.8. The first-order chi connectivity index (χ1) is 12.1. The third-order valence-corrected chi connectivity index (χ3v) is 4.68. The number of nitrogens with zero attached hydrogens (tertiary/aromatic N) is 1. The zero-order chi connectivity index (χ0) is 17.8. The minimum absolute atomic E-state index is 0.298. The number of hydrogen-bond donors (Lipinski definition) is 1. The van der Waals surface area contributed by atoms with E-state index < -0.39 is 5.97 Å². The second kappa shape index (κ2) is 7.48. The fourth-order valence-electron chi connectivity index (χ4n) is 2.47. The largest absolute Gasteiger partial charge is 0.493 e. The number of anilines is 1. The lowest BCUT2D eigenvalue weighted by molar-refractivity contribution is -0.111. The summed E-state index contributed by atoms with van der Waals surface area (Å²) in [4.78, 5) is 28.4. The van der Waals surface area contributed by atoms with Gasteiger partial charge in [-0.2, -0.15) is 0 Å². The lowest BCUT2D eigenvalue weighted by Crippen LogP contribution is -2.07. The molecule has 0 radical (unpaired) electrons. The highest BCUT2D eigenvalue weighted by Crippen LogP contribution is 2.26. The van der Waals surface area contributed by atoms with Crippen molar-refractivity contribution >= 4 is 34.4 Å². The molecule has 25 heavy (non-hydrogen) atoms. The molecule has 2 aromatic rings. The minimum atomic E-state index is -0.422. The van der Waals surface area contributed by atoms with Crippen molar-refractivity contribution in [2.75, 3.05) is 18.5 Å². The van der Waals surface area contributed by atoms with Gasteiger partial charge in [-0.25, -0.2) is 9.78 Å². The van der Waals surface area contributed by atoms with Crippen LogP contribution in [0.2, 0.25) is 0 Å². The molecule has 3 rings (SSSR count). The average molecular weight is 358 g/mol. The molecule has 2 heterocycles. The van der Waals surface area contributed by atoms with Crippen molar-refractivity contribution in [3.63, 3.8) is 0 Å². The number of fused-ring (bicyclic) bond motifs is 1. The summed E-state index contributed by atoms with van der Waals surface area (Å²) in [5.41, 5.74) is 2.63. The molecule has 0 fully saturated rings. The number of thiazole rings is 1. The predicted octanol–water partition coefficient (Wildman–Crippen LogP) is 3.22. The Kier molecular flexibility index (Phi) is 5.14. The Balaban J connectivity index is 1.64. The highest BCUT2D eigenvalue weighted by molar-refractivity contribution is 7.17. The molecule has 1 aromatic carbocycles. The normalized spacial score (nSPS) is 12.7. The summed E-state index contributed by atoms with van der Waals surface area (Å²) in [6.45, 7) is 4.45. The van der Waals surface area contributed by atoms with Crippen LogP contribution in [0, 0.1) is 6.92 Å². The van der Waals surface area contributed by atoms with E-state index in [0.29, 0.717) is 28.9 Å². The molecule has 130 valence electrons. The highest BCUT2D eigenvalue weighted by Gasteiger charge is 2.17. The number of benzene rings is 1. The standard InChI is InChI=1S/C18H18N2O4S/c1-3-23-17(22)16-11(2)19-18(25-16)20-15(21)7-5-12-4-6-14-13(10-12)8-9-24-14/h4-7,10H,3,8-9H2,1-2H3,(H,19,20,21)/b7-5+. The lowest BCUT2D eigenvalue weighted by Gasteiger charge is -2.00. The first-order valence-corrected chi connectivity index (χ1v) is 8.78. The van der Waals surface area contributed by atoms with E-state index in [0.717, 1.165) is 34.6 Å². The summed E-state index contributed by atoms with van der Waals surface area (Å²) < 4.78 is 10.4. The molecule has 1 amide bonds. The minimum Gasteiger partial charge on any atom is -0.493 e. The van der Waals surface area contributed by atoms with Crippen LogP contribution in [0.4, 0.5) is 5.13 Å². The van der Waals surface area contributed by atoms with Gasteiger partial charge in [-0.1, -0.05) is 17.4 Å². The van der Waals surface area contributed by atoms with E-state index in [4.69, 9.17) is 9.47 Å². The molecule has 0 aliphatic carbocycles. The van der Waals surface area contributed by atoms with Gasteiger partial charge in [0.05, 0.1) is 18.9 Å². The van der Waals surface area contributed by atoms with Gasteiger partial charge < -0.3 is 9.47 Å². The Hall–Kier alpha value is -2.67. The molecule has 0 saturated carbocycles. The van der Waals surface area contributed by atoms with E-state index in [9.17, 15) is 9.59 Å². The van der Waals surface area contributed by atoms with Crippen LogP contribution in [0.5, 0.6) is 5.75 Å². The summed E-state index contributed by atoms with van der Waals surface area (Å²) >= 11 is 1.11. The first kappa shape index (κ1) is 17.2. The molecule has 0 spiro atoms. The van der Waals surface area contributed by atoms with Gasteiger partial charge in [-0.05, 0) is 43.2 Å². The Bertz CT molecular complexity index is 842. The quantitative estimate of drug-likeness (QED) is 0.656. The Labute approximate surface area is 149 Å². The van der Waals surface area contributed by atoms with Gasteiger partial charge in [0, 0.05) is 12.5 Å². The first-order valence-electron chi connectivity index (χ1n) is 7.96. The molecular formula is C18H18N2O4S. The molecule has 0 unspecified atom stereocenters. The van der Waals surface area contributed by atoms with Crippen LogP contribution in [0.1, 0.15) is 33.4 Å². The number of ether oxygens (including phenoxy) is 2. The Morgan fingerprint density at radius 3 is 3.08 bits per heavy atom. The van der Waals surface area contributed by atoms with Crippen molar-refractivity contribution in [1.29, 1.82) is 0 Å². The van der Waals surface area contributed by atoms with Crippen LogP contribution in [-0.4, -0.2) is 30.1 Å². The fourth-order valence-corrected chi connectivity index (χ4v) is 3.33. The number of aromatic nitrogens is 1. The number of esters is 1. The van der Waals surface area contributed by atoms with Gasteiger partial charge in [-0.3, -0.25) is 10.1 Å². The highest BCUT2D eigenvalue weighted by atomic mass is 32.1. The monoisotopic (exact) mass is 358 g/mol. The molecule has 6 nitrogen and oxygen atoms in total. The Morgan fingerprint density at radius 2 is 2.28 bits per heavy atom. The van der Waals surface area contributed by atoms with Crippen molar-refractivity contribution in [1.82, 2.24) is 4.98 Å². The van der Waals surface area contributed by atoms with Crippen LogP contribution in [0.3, 0.4) is 0 Å². The summed E-state index contributed by atoms with van der Waals surface area (Å²) in [5, 5.41) is 3.04. The second-order valence-electron chi connectivity index (χ2n) is 5.44. The Morgan fingerprint density at radius 1 is 1.44 bits per heavy atom. The third-order valence-electron chi connectivity index (χ3n) is 3.63. The van der Waals surface area contributed by atoms with Crippen LogP contribution >= 0.6 is 11.3 Å². The van der Waals surface area contributed by atoms with Crippen molar-refractivity contribution in [2.45, 2.75) is 20.3 Å². The van der Waals surface area contributed by atoms with Gasteiger partial charge >= 0.3 is 5.97 Å². The molecule has 1 aromatic heterocycles. The topological polar surface area (TPSA) is 77.5 Å². The summed E-state index contributed by atoms with van der Waals surface area (Å²) in [6.07, 6.45) is 4.07. The van der Waals surface area contributed by atoms with Crippen LogP contribution in [-0.2, 0) is 16.0 Å². The average Bonchev–Trinajstić information content (AvgIpc) is 3.19. The van der Waals surface area contributed by atoms with Gasteiger partial charge in [0.15, 0.2) is 5.13 Å². The molecular weight excluding hydrogens is 340 g/mol. The van der Waals surface area contributed by atoms with Crippen molar-refractivity contribution < 1.29 is 19.1 Å². The van der Waals surface area contributed by atoms with Crippen LogP contribution < -0.4 is 10.1 Å². The second-order valence-corrected chi connectivity index (χ2v) is 6.44. The SMILES string of the molecule is CCOC(=O)c1sc(NC(=O)/C=C/c2ccc3c(c2)CCO3)nc1C. The van der Waals surface area contributed by atoms with E-state index in [2.05, 4.69) is 10.3 Å². The molecule has 1 N–H and O–H groups in total. The molecule has 0 saturated heterocycles. The van der Waals surface area contributed by atoms with E-state index in [1.807, 2.05) is 18.2 Å². The third kappa shape index (κ3) is 4.06. The van der Waals surface area contributed by atoms with E-state index in [-0.39, 0.29) is 5.91 Å². The summed E-state index contributed by atoms with van der Waals surface area (Å²) in [6, 6.07) is 5.83. The predicted molar refractivity (Wildman–Crippen MR) is 96.1 cm³/mol. The number of nitrogens with one attached hydrogen (secondary N) is 1. The van der Waals surface area contributed by atoms with Crippen molar-refractivity contribution in [3.05, 3.63) is 46.0 Å². The van der Waals surface area contributed by atoms with Crippen molar-refractivity contribution in [3.8, 4) is 5.75 Å². The van der Waals surface area contributed by atoms with E-state index in [1.165, 1.54) is 6.08 Å². The molecule has 0 bridgehead atoms. The molecule has 1 aliphatic rings. The van der Waals surface area contributed by atoms with E-state index in [1.54, 1.807) is 19.9 Å². The van der Waals surface area contributed by atoms with Gasteiger partial charge in [0.25, 0.3) is 0 Å². The summed E-state index contributed by atoms with van der Waals surface area (Å²) in [5.74, 6) is 0.182. The number of amides is 1. The van der Waals surface area contributed by atoms with Gasteiger partial charge in [0.2, 0.25) is 5.91 Å². The van der Waals surface area contributed by atoms with Crippen molar-refractivity contribution in [2.24, 2.45) is 0 Å². The van der Waals surface area contributed by atoms with Gasteiger partial charge in [-0.15, -0.1) is 0 Å². The lowest BCUT2D eigenvalue weighted by atomic mass is 10.1. The number of carbonyl (C=O) groups is 2. The molecule has 0 atom stereocenters. The van der Waals surface area contributed by atoms with E-state index >= 15 is 0 Å². The smallest absolute Gasteiger partial charge is 0.350 e. The molecule has 1 aliphatic heterocycles. The fraction of sp³-hybridized carbons (Fsp3) is 0.278. The number of hydrogen-bond acceptors (Lipinski definition) is 6. The number of rotatable bonds is 5. The van der Waals surface area contributed by atoms with Crippen LogP contribution in [0.15, 0.2) is 24.3 Å². The maximum atomic E-state index is 12.1. The maximum Gasteiger partial charge on any atom is 0.350 e. The zero-order valence-electron chi connectivity index (χ0n) is 14.0. The number of carbonyl (C=O) groups excluding carboxylic acids is 2. The summed E-state index contributed by atoms with van der Waals surface area (Å²) in [7, 11) is 0. The number of aryl methyl sites for hydroxylation is 1. The van der Waals surface area contributed by atoms with Crippen LogP contribution in [0.25, 0.3) is 6.08 Å². The van der Waals surface area contributed by atoms with Gasteiger partial charge in [0.1, 0.15) is 10.6 Å².